The molecular formula is C10H13FN3O4P. The summed E-state index contributed by atoms with van der Waals surface area (Å²) in [6, 6.07) is 0.927. The summed E-state index contributed by atoms with van der Waals surface area (Å²) in [5, 5.41) is 0. The van der Waals surface area contributed by atoms with E-state index in [2.05, 4.69) is 4.98 Å². The topological polar surface area (TPSA) is 111 Å². The lowest BCUT2D eigenvalue weighted by atomic mass is 10.2. The molecule has 1 aliphatic carbocycles. The van der Waals surface area contributed by atoms with Gasteiger partial charge in [0.25, 0.3) is 0 Å². The van der Waals surface area contributed by atoms with Crippen molar-refractivity contribution in [1.29, 1.82) is 0 Å². The zero-order valence-electron chi connectivity index (χ0n) is 9.81. The molecule has 1 aromatic rings. The van der Waals surface area contributed by atoms with Crippen LogP contribution >= 0.6 is 8.38 Å². The van der Waals surface area contributed by atoms with Gasteiger partial charge in [-0.05, 0) is 12.1 Å². The highest BCUT2D eigenvalue weighted by atomic mass is 31.2. The van der Waals surface area contributed by atoms with Crippen molar-refractivity contribution in [2.75, 3.05) is 12.1 Å². The van der Waals surface area contributed by atoms with Crippen LogP contribution in [0.3, 0.4) is 0 Å². The molecule has 104 valence electrons. The van der Waals surface area contributed by atoms with E-state index in [4.69, 9.17) is 20.3 Å². The second-order valence-electron chi connectivity index (χ2n) is 4.05. The van der Waals surface area contributed by atoms with E-state index in [-0.39, 0.29) is 18.6 Å². The van der Waals surface area contributed by atoms with Crippen LogP contribution in [0.1, 0.15) is 12.5 Å². The Kier molecular flexibility index (Phi) is 4.26. The minimum atomic E-state index is -2.23. The minimum absolute atomic E-state index is 0.0997. The molecule has 0 radical (unpaired) electrons. The normalized spacial score (nSPS) is 22.8. The van der Waals surface area contributed by atoms with E-state index in [0.29, 0.717) is 0 Å². The summed E-state index contributed by atoms with van der Waals surface area (Å²) in [5.41, 5.74) is 4.80. The first-order valence-electron chi connectivity index (χ1n) is 5.46. The van der Waals surface area contributed by atoms with Crippen LogP contribution in [0.15, 0.2) is 29.0 Å². The van der Waals surface area contributed by atoms with Crippen molar-refractivity contribution in [3.05, 3.63) is 34.7 Å². The van der Waals surface area contributed by atoms with E-state index in [1.54, 1.807) is 0 Å². The first kappa shape index (κ1) is 14.1. The Balaban J connectivity index is 2.10. The summed E-state index contributed by atoms with van der Waals surface area (Å²) in [6.45, 7) is 0. The Morgan fingerprint density at radius 3 is 3.00 bits per heavy atom. The fraction of sp³-hybridized carbons (Fsp3) is 0.400. The van der Waals surface area contributed by atoms with Crippen LogP contribution in [0.25, 0.3) is 0 Å². The van der Waals surface area contributed by atoms with Crippen molar-refractivity contribution in [3.8, 4) is 0 Å². The molecule has 0 bridgehead atoms. The van der Waals surface area contributed by atoms with Crippen molar-refractivity contribution in [3.63, 3.8) is 0 Å². The highest BCUT2D eigenvalue weighted by Crippen LogP contribution is 2.33. The quantitative estimate of drug-likeness (QED) is 0.686. The predicted octanol–water partition coefficient (Wildman–Crippen LogP) is 0.263. The third-order valence-electron chi connectivity index (χ3n) is 2.71. The van der Waals surface area contributed by atoms with Gasteiger partial charge in [-0.2, -0.15) is 4.98 Å². The molecule has 1 heterocycles. The van der Waals surface area contributed by atoms with Crippen molar-refractivity contribution in [2.24, 2.45) is 0 Å². The number of aromatic nitrogens is 2. The lowest BCUT2D eigenvalue weighted by Gasteiger charge is -2.15. The zero-order valence-corrected chi connectivity index (χ0v) is 10.7. The molecule has 0 saturated heterocycles. The van der Waals surface area contributed by atoms with Crippen LogP contribution in [0.5, 0.6) is 0 Å². The standard InChI is InChI=1S/C10H13FN3O4P/c11-7-3-6(4-8(7)18-5-19(16)17)14-2-1-9(12)13-10(14)15/h1-3,6,8,16-17H,4-5H2,(H2,12,13,15). The maximum absolute atomic E-state index is 13.6. The van der Waals surface area contributed by atoms with Crippen LogP contribution < -0.4 is 11.4 Å². The molecule has 0 fully saturated rings. The van der Waals surface area contributed by atoms with Crippen LogP contribution in [-0.2, 0) is 4.74 Å². The molecule has 0 amide bonds. The molecule has 7 nitrogen and oxygen atoms in total. The second-order valence-corrected chi connectivity index (χ2v) is 5.06. The number of halogens is 1. The smallest absolute Gasteiger partial charge is 0.350 e. The number of hydrogen-bond donors (Lipinski definition) is 3. The van der Waals surface area contributed by atoms with E-state index in [1.165, 1.54) is 22.9 Å². The summed E-state index contributed by atoms with van der Waals surface area (Å²) in [6.07, 6.45) is 1.68. The fourth-order valence-electron chi connectivity index (χ4n) is 1.87. The zero-order chi connectivity index (χ0) is 14.0. The number of nitrogen functional groups attached to an aromatic ring is 1. The molecule has 0 aliphatic heterocycles. The number of hydrogen-bond acceptors (Lipinski definition) is 6. The maximum atomic E-state index is 13.6. The van der Waals surface area contributed by atoms with Gasteiger partial charge in [0, 0.05) is 12.6 Å². The van der Waals surface area contributed by atoms with E-state index in [9.17, 15) is 9.18 Å². The van der Waals surface area contributed by atoms with E-state index < -0.39 is 32.0 Å². The van der Waals surface area contributed by atoms with Crippen molar-refractivity contribution in [1.82, 2.24) is 9.55 Å². The first-order valence-corrected chi connectivity index (χ1v) is 6.89. The molecule has 0 spiro atoms. The lowest BCUT2D eigenvalue weighted by molar-refractivity contribution is 0.0869. The number of nitrogens with zero attached hydrogens (tertiary/aromatic N) is 2. The van der Waals surface area contributed by atoms with Gasteiger partial charge in [-0.3, -0.25) is 4.57 Å². The van der Waals surface area contributed by atoms with Gasteiger partial charge in [0.05, 0.1) is 6.04 Å². The Bertz CT molecular complexity index is 548. The summed E-state index contributed by atoms with van der Waals surface area (Å²) in [7, 11) is -2.23. The molecular weight excluding hydrogens is 276 g/mol. The van der Waals surface area contributed by atoms with Crippen LogP contribution in [0.2, 0.25) is 0 Å². The van der Waals surface area contributed by atoms with Gasteiger partial charge in [0.1, 0.15) is 24.1 Å². The monoisotopic (exact) mass is 289 g/mol. The summed E-state index contributed by atoms with van der Waals surface area (Å²) < 4.78 is 19.9. The van der Waals surface area contributed by atoms with E-state index in [1.807, 2.05) is 0 Å². The summed E-state index contributed by atoms with van der Waals surface area (Å²) in [5.74, 6) is -0.437. The van der Waals surface area contributed by atoms with Gasteiger partial charge in [0.15, 0.2) is 8.38 Å². The Morgan fingerprint density at radius 1 is 1.63 bits per heavy atom. The molecule has 2 unspecified atom stereocenters. The molecule has 9 heteroatoms. The molecule has 0 saturated carbocycles. The summed E-state index contributed by atoms with van der Waals surface area (Å²) in [4.78, 5) is 32.6. The molecule has 19 heavy (non-hydrogen) atoms. The SMILES string of the molecule is Nc1ccn(C2C=C(F)C(OCP(O)O)C2)c(=O)n1. The molecule has 4 N–H and O–H groups in total. The Labute approximate surface area is 109 Å². The lowest BCUT2D eigenvalue weighted by Crippen LogP contribution is -2.26. The minimum Gasteiger partial charge on any atom is -0.383 e. The highest BCUT2D eigenvalue weighted by Gasteiger charge is 2.29. The third kappa shape index (κ3) is 3.36. The van der Waals surface area contributed by atoms with Crippen LogP contribution in [0, 0.1) is 0 Å². The Morgan fingerprint density at radius 2 is 2.37 bits per heavy atom. The highest BCUT2D eigenvalue weighted by molar-refractivity contribution is 7.44. The molecule has 0 aromatic carbocycles. The maximum Gasteiger partial charge on any atom is 0.350 e. The van der Waals surface area contributed by atoms with Crippen molar-refractivity contribution >= 4 is 14.2 Å². The predicted molar refractivity (Wildman–Crippen MR) is 66.9 cm³/mol. The van der Waals surface area contributed by atoms with Gasteiger partial charge < -0.3 is 20.3 Å². The van der Waals surface area contributed by atoms with Gasteiger partial charge in [-0.25, -0.2) is 9.18 Å². The van der Waals surface area contributed by atoms with Gasteiger partial charge in [0.2, 0.25) is 0 Å². The average Bonchev–Trinajstić information content (AvgIpc) is 2.67. The average molecular weight is 289 g/mol. The van der Waals surface area contributed by atoms with Gasteiger partial charge >= 0.3 is 5.69 Å². The number of nitrogens with two attached hydrogens (primary N) is 1. The summed E-state index contributed by atoms with van der Waals surface area (Å²) >= 11 is 0. The second kappa shape index (κ2) is 5.75. The molecule has 1 aliphatic rings. The number of ether oxygens (including phenoxy) is 1. The van der Waals surface area contributed by atoms with Crippen molar-refractivity contribution in [2.45, 2.75) is 18.6 Å². The third-order valence-corrected chi connectivity index (χ3v) is 3.09. The van der Waals surface area contributed by atoms with Crippen LogP contribution in [-0.4, -0.2) is 31.8 Å². The molecule has 2 atom stereocenters. The first-order chi connectivity index (χ1) is 8.97. The van der Waals surface area contributed by atoms with Crippen LogP contribution in [0.4, 0.5) is 10.2 Å². The Hall–Kier alpha value is -1.34. The molecule has 2 rings (SSSR count). The largest absolute Gasteiger partial charge is 0.383 e. The van der Waals surface area contributed by atoms with Gasteiger partial charge in [-0.15, -0.1) is 0 Å². The number of allylic oxidation sites excluding steroid dienone is 1. The van der Waals surface area contributed by atoms with Gasteiger partial charge in [-0.1, -0.05) is 0 Å². The number of rotatable bonds is 4. The van der Waals surface area contributed by atoms with E-state index >= 15 is 0 Å². The fourth-order valence-corrected chi connectivity index (χ4v) is 2.18. The number of anilines is 1. The van der Waals surface area contributed by atoms with E-state index in [0.717, 1.165) is 0 Å². The van der Waals surface area contributed by atoms with Crippen molar-refractivity contribution < 1.29 is 18.9 Å². The molecule has 1 aromatic heterocycles.